The summed E-state index contributed by atoms with van der Waals surface area (Å²) < 4.78 is 4.81. The summed E-state index contributed by atoms with van der Waals surface area (Å²) in [6, 6.07) is 0. The van der Waals surface area contributed by atoms with Crippen LogP contribution in [0.2, 0.25) is 0 Å². The molecule has 0 rings (SSSR count). The van der Waals surface area contributed by atoms with Gasteiger partial charge in [0.15, 0.2) is 0 Å². The lowest BCUT2D eigenvalue weighted by Gasteiger charge is -2.04. The molecule has 0 amide bonds. The Kier molecular flexibility index (Phi) is 6.07. The summed E-state index contributed by atoms with van der Waals surface area (Å²) in [5.41, 5.74) is 0. The fourth-order valence-electron chi connectivity index (χ4n) is 0.590. The van der Waals surface area contributed by atoms with E-state index in [-0.39, 0.29) is 11.7 Å². The summed E-state index contributed by atoms with van der Waals surface area (Å²) >= 11 is 0. The summed E-state index contributed by atoms with van der Waals surface area (Å²) in [6.45, 7) is 5.67. The molecule has 0 atom stereocenters. The highest BCUT2D eigenvalue weighted by Crippen LogP contribution is 1.91. The highest BCUT2D eigenvalue weighted by molar-refractivity contribution is 5.82. The van der Waals surface area contributed by atoms with Crippen molar-refractivity contribution in [1.82, 2.24) is 5.32 Å². The first-order valence-corrected chi connectivity index (χ1v) is 3.91. The van der Waals surface area contributed by atoms with Gasteiger partial charge in [0, 0.05) is 19.6 Å². The Labute approximate surface area is 68.1 Å². The van der Waals surface area contributed by atoms with Crippen molar-refractivity contribution in [2.75, 3.05) is 26.8 Å². The first kappa shape index (κ1) is 10.6. The zero-order chi connectivity index (χ0) is 8.69. The van der Waals surface area contributed by atoms with Gasteiger partial charge >= 0.3 is 0 Å². The van der Waals surface area contributed by atoms with E-state index < -0.39 is 0 Å². The molecule has 0 saturated carbocycles. The molecule has 66 valence electrons. The van der Waals surface area contributed by atoms with Crippen LogP contribution in [0.3, 0.4) is 0 Å². The SMILES string of the molecule is COCCNCC(=O)C(C)C. The molecule has 0 spiro atoms. The van der Waals surface area contributed by atoms with Crippen LogP contribution < -0.4 is 5.32 Å². The highest BCUT2D eigenvalue weighted by atomic mass is 16.5. The van der Waals surface area contributed by atoms with Crippen molar-refractivity contribution in [2.24, 2.45) is 5.92 Å². The number of Topliss-reactive ketones (excluding diaryl/α,β-unsaturated/α-hetero) is 1. The number of carbonyl (C=O) groups is 1. The molecule has 0 aliphatic heterocycles. The molecule has 0 aromatic carbocycles. The summed E-state index contributed by atoms with van der Waals surface area (Å²) in [4.78, 5) is 11.0. The van der Waals surface area contributed by atoms with E-state index in [2.05, 4.69) is 5.32 Å². The Morgan fingerprint density at radius 1 is 1.55 bits per heavy atom. The summed E-state index contributed by atoms with van der Waals surface area (Å²) in [5, 5.41) is 2.99. The van der Waals surface area contributed by atoms with Gasteiger partial charge in [0.25, 0.3) is 0 Å². The van der Waals surface area contributed by atoms with Crippen LogP contribution in [0.15, 0.2) is 0 Å². The summed E-state index contributed by atoms with van der Waals surface area (Å²) in [5.74, 6) is 0.381. The van der Waals surface area contributed by atoms with Crippen LogP contribution >= 0.6 is 0 Å². The second-order valence-electron chi connectivity index (χ2n) is 2.79. The van der Waals surface area contributed by atoms with Crippen LogP contribution in [0, 0.1) is 5.92 Å². The fourth-order valence-corrected chi connectivity index (χ4v) is 0.590. The Morgan fingerprint density at radius 3 is 2.64 bits per heavy atom. The molecule has 11 heavy (non-hydrogen) atoms. The largest absolute Gasteiger partial charge is 0.383 e. The molecular formula is C8H17NO2. The van der Waals surface area contributed by atoms with Crippen molar-refractivity contribution >= 4 is 5.78 Å². The number of rotatable bonds is 6. The maximum atomic E-state index is 11.0. The Hall–Kier alpha value is -0.410. The molecule has 0 aromatic rings. The van der Waals surface area contributed by atoms with E-state index in [1.807, 2.05) is 13.8 Å². The second kappa shape index (κ2) is 6.31. The van der Waals surface area contributed by atoms with Gasteiger partial charge < -0.3 is 10.1 Å². The number of carbonyl (C=O) groups excluding carboxylic acids is 1. The van der Waals surface area contributed by atoms with Crippen molar-refractivity contribution in [1.29, 1.82) is 0 Å². The smallest absolute Gasteiger partial charge is 0.149 e. The molecule has 3 nitrogen and oxygen atoms in total. The minimum absolute atomic E-state index is 0.130. The molecule has 0 unspecified atom stereocenters. The number of ether oxygens (including phenoxy) is 1. The minimum atomic E-state index is 0.130. The third-order valence-electron chi connectivity index (χ3n) is 1.43. The number of methoxy groups -OCH3 is 1. The Morgan fingerprint density at radius 2 is 2.18 bits per heavy atom. The summed E-state index contributed by atoms with van der Waals surface area (Å²) in [7, 11) is 1.64. The van der Waals surface area contributed by atoms with Crippen LogP contribution in [0.1, 0.15) is 13.8 Å². The molecule has 0 aliphatic rings. The summed E-state index contributed by atoms with van der Waals surface area (Å²) in [6.07, 6.45) is 0. The number of hydrogen-bond acceptors (Lipinski definition) is 3. The molecular weight excluding hydrogens is 142 g/mol. The van der Waals surface area contributed by atoms with Crippen LogP contribution in [0.25, 0.3) is 0 Å². The molecule has 0 saturated heterocycles. The first-order valence-electron chi connectivity index (χ1n) is 3.91. The lowest BCUT2D eigenvalue weighted by Crippen LogP contribution is -2.28. The average molecular weight is 159 g/mol. The number of ketones is 1. The van der Waals surface area contributed by atoms with Gasteiger partial charge in [0.05, 0.1) is 13.2 Å². The van der Waals surface area contributed by atoms with Crippen molar-refractivity contribution in [3.63, 3.8) is 0 Å². The minimum Gasteiger partial charge on any atom is -0.383 e. The van der Waals surface area contributed by atoms with E-state index >= 15 is 0 Å². The van der Waals surface area contributed by atoms with Crippen molar-refractivity contribution in [3.8, 4) is 0 Å². The zero-order valence-corrected chi connectivity index (χ0v) is 7.52. The van der Waals surface area contributed by atoms with Gasteiger partial charge in [0.2, 0.25) is 0 Å². The number of hydrogen-bond donors (Lipinski definition) is 1. The molecule has 1 N–H and O–H groups in total. The first-order chi connectivity index (χ1) is 5.18. The topological polar surface area (TPSA) is 38.3 Å². The van der Waals surface area contributed by atoms with Crippen LogP contribution in [-0.4, -0.2) is 32.6 Å². The van der Waals surface area contributed by atoms with E-state index in [4.69, 9.17) is 4.74 Å². The number of nitrogens with one attached hydrogen (secondary N) is 1. The van der Waals surface area contributed by atoms with E-state index in [1.54, 1.807) is 7.11 Å². The maximum Gasteiger partial charge on any atom is 0.149 e. The second-order valence-corrected chi connectivity index (χ2v) is 2.79. The van der Waals surface area contributed by atoms with Crippen molar-refractivity contribution in [2.45, 2.75) is 13.8 Å². The average Bonchev–Trinajstić information content (AvgIpc) is 1.97. The third-order valence-corrected chi connectivity index (χ3v) is 1.43. The van der Waals surface area contributed by atoms with Crippen LogP contribution in [-0.2, 0) is 9.53 Å². The monoisotopic (exact) mass is 159 g/mol. The lowest BCUT2D eigenvalue weighted by molar-refractivity contribution is -0.121. The quantitative estimate of drug-likeness (QED) is 0.572. The predicted molar refractivity (Wildman–Crippen MR) is 44.6 cm³/mol. The Balaban J connectivity index is 3.18. The molecule has 0 fully saturated rings. The molecule has 0 aliphatic carbocycles. The van der Waals surface area contributed by atoms with Gasteiger partial charge in [-0.1, -0.05) is 13.8 Å². The lowest BCUT2D eigenvalue weighted by atomic mass is 10.1. The maximum absolute atomic E-state index is 11.0. The molecule has 0 aromatic heterocycles. The van der Waals surface area contributed by atoms with Crippen LogP contribution in [0.4, 0.5) is 0 Å². The van der Waals surface area contributed by atoms with Gasteiger partial charge in [-0.3, -0.25) is 4.79 Å². The molecule has 3 heteroatoms. The standard InChI is InChI=1S/C8H17NO2/c1-7(2)8(10)6-9-4-5-11-3/h7,9H,4-6H2,1-3H3. The molecule has 0 heterocycles. The van der Waals surface area contributed by atoms with E-state index in [0.29, 0.717) is 13.2 Å². The predicted octanol–water partition coefficient (Wildman–Crippen LogP) is 0.447. The third kappa shape index (κ3) is 6.01. The van der Waals surface area contributed by atoms with Crippen molar-refractivity contribution in [3.05, 3.63) is 0 Å². The molecule has 0 bridgehead atoms. The van der Waals surface area contributed by atoms with Crippen molar-refractivity contribution < 1.29 is 9.53 Å². The zero-order valence-electron chi connectivity index (χ0n) is 7.52. The normalized spacial score (nSPS) is 10.5. The van der Waals surface area contributed by atoms with Gasteiger partial charge in [-0.25, -0.2) is 0 Å². The van der Waals surface area contributed by atoms with Crippen LogP contribution in [0.5, 0.6) is 0 Å². The van der Waals surface area contributed by atoms with E-state index in [1.165, 1.54) is 0 Å². The van der Waals surface area contributed by atoms with Gasteiger partial charge in [-0.2, -0.15) is 0 Å². The van der Waals surface area contributed by atoms with Gasteiger partial charge in [-0.15, -0.1) is 0 Å². The van der Waals surface area contributed by atoms with E-state index in [0.717, 1.165) is 6.54 Å². The highest BCUT2D eigenvalue weighted by Gasteiger charge is 2.04. The van der Waals surface area contributed by atoms with Gasteiger partial charge in [-0.05, 0) is 0 Å². The van der Waals surface area contributed by atoms with Gasteiger partial charge in [0.1, 0.15) is 5.78 Å². The van der Waals surface area contributed by atoms with E-state index in [9.17, 15) is 4.79 Å². The molecule has 0 radical (unpaired) electrons. The fraction of sp³-hybridized carbons (Fsp3) is 0.875. The Bertz CT molecular complexity index is 113.